The van der Waals surface area contributed by atoms with Crippen molar-refractivity contribution >= 4 is 5.95 Å². The molecule has 114 valence electrons. The summed E-state index contributed by atoms with van der Waals surface area (Å²) in [6.07, 6.45) is 7.76. The van der Waals surface area contributed by atoms with Gasteiger partial charge in [-0.2, -0.15) is 20.1 Å². The Morgan fingerprint density at radius 2 is 2.05 bits per heavy atom. The van der Waals surface area contributed by atoms with Crippen LogP contribution in [0.3, 0.4) is 0 Å². The maximum atomic E-state index is 5.62. The zero-order chi connectivity index (χ0) is 14.9. The quantitative estimate of drug-likeness (QED) is 0.715. The van der Waals surface area contributed by atoms with Gasteiger partial charge in [0.2, 0.25) is 5.95 Å². The Kier molecular flexibility index (Phi) is 5.93. The fraction of sp³-hybridized carbons (Fsp3) is 0.571. The summed E-state index contributed by atoms with van der Waals surface area (Å²) in [7, 11) is 0. The van der Waals surface area contributed by atoms with Crippen LogP contribution in [0.4, 0.5) is 5.95 Å². The molecule has 0 aromatic carbocycles. The van der Waals surface area contributed by atoms with Crippen LogP contribution < -0.4 is 10.1 Å². The Bertz CT molecular complexity index is 528. The van der Waals surface area contributed by atoms with Crippen LogP contribution in [0.15, 0.2) is 18.5 Å². The van der Waals surface area contributed by atoms with Crippen LogP contribution in [-0.2, 0) is 0 Å². The van der Waals surface area contributed by atoms with Crippen molar-refractivity contribution in [2.75, 3.05) is 18.5 Å². The van der Waals surface area contributed by atoms with Crippen LogP contribution in [0, 0.1) is 0 Å². The van der Waals surface area contributed by atoms with E-state index in [1.807, 2.05) is 6.07 Å². The van der Waals surface area contributed by atoms with Gasteiger partial charge in [0.1, 0.15) is 0 Å². The highest BCUT2D eigenvalue weighted by Crippen LogP contribution is 2.11. The summed E-state index contributed by atoms with van der Waals surface area (Å²) in [4.78, 5) is 12.9. The van der Waals surface area contributed by atoms with E-state index in [2.05, 4.69) is 39.2 Å². The Labute approximate surface area is 124 Å². The Balaban J connectivity index is 2.12. The molecule has 0 saturated carbocycles. The maximum absolute atomic E-state index is 5.62. The Hall–Kier alpha value is -2.18. The van der Waals surface area contributed by atoms with Gasteiger partial charge in [0, 0.05) is 18.9 Å². The first-order chi connectivity index (χ1) is 10.3. The van der Waals surface area contributed by atoms with E-state index in [-0.39, 0.29) is 0 Å². The molecule has 0 radical (unpaired) electrons. The molecule has 21 heavy (non-hydrogen) atoms. The first-order valence-corrected chi connectivity index (χ1v) is 7.46. The Morgan fingerprint density at radius 1 is 1.14 bits per heavy atom. The number of hydrogen-bond donors (Lipinski definition) is 1. The van der Waals surface area contributed by atoms with Crippen LogP contribution in [0.5, 0.6) is 6.01 Å². The van der Waals surface area contributed by atoms with Crippen molar-refractivity contribution in [2.45, 2.75) is 39.5 Å². The van der Waals surface area contributed by atoms with Gasteiger partial charge in [-0.05, 0) is 18.9 Å². The average molecular weight is 290 g/mol. The molecule has 2 aromatic rings. The second-order valence-corrected chi connectivity index (χ2v) is 4.67. The molecule has 0 bridgehead atoms. The van der Waals surface area contributed by atoms with Crippen molar-refractivity contribution in [3.8, 4) is 12.0 Å². The molecule has 0 fully saturated rings. The number of aromatic nitrogens is 5. The molecule has 7 nitrogen and oxygen atoms in total. The molecule has 0 atom stereocenters. The zero-order valence-corrected chi connectivity index (χ0v) is 12.6. The molecule has 0 amide bonds. The number of nitrogens with one attached hydrogen (secondary N) is 1. The molecular formula is C14H22N6O. The van der Waals surface area contributed by atoms with Crippen molar-refractivity contribution in [1.29, 1.82) is 0 Å². The molecule has 0 unspecified atom stereocenters. The van der Waals surface area contributed by atoms with Crippen molar-refractivity contribution in [2.24, 2.45) is 0 Å². The number of hydrogen-bond acceptors (Lipinski definition) is 6. The summed E-state index contributed by atoms with van der Waals surface area (Å²) >= 11 is 0. The smallest absolute Gasteiger partial charge is 0.323 e. The lowest BCUT2D eigenvalue weighted by Crippen LogP contribution is -2.12. The minimum Gasteiger partial charge on any atom is -0.463 e. The average Bonchev–Trinajstić information content (AvgIpc) is 3.04. The molecule has 0 saturated heterocycles. The minimum atomic E-state index is 0.338. The van der Waals surface area contributed by atoms with Crippen molar-refractivity contribution in [3.63, 3.8) is 0 Å². The SMILES string of the molecule is CCCCCOc1nc(NCCC)nc(-n2cccn2)n1. The number of unbranched alkanes of at least 4 members (excludes halogenated alkanes) is 2. The van der Waals surface area contributed by atoms with Crippen molar-refractivity contribution < 1.29 is 4.74 Å². The van der Waals surface area contributed by atoms with E-state index in [1.165, 1.54) is 0 Å². The molecule has 0 aliphatic rings. The van der Waals surface area contributed by atoms with Gasteiger partial charge >= 0.3 is 6.01 Å². The summed E-state index contributed by atoms with van der Waals surface area (Å²) in [6, 6.07) is 2.16. The summed E-state index contributed by atoms with van der Waals surface area (Å²) in [5.41, 5.74) is 0. The van der Waals surface area contributed by atoms with Crippen LogP contribution in [0.25, 0.3) is 5.95 Å². The maximum Gasteiger partial charge on any atom is 0.323 e. The van der Waals surface area contributed by atoms with E-state index in [0.717, 1.165) is 32.2 Å². The number of ether oxygens (including phenoxy) is 1. The molecule has 2 aromatic heterocycles. The molecular weight excluding hydrogens is 268 g/mol. The predicted octanol–water partition coefficient (Wildman–Crippen LogP) is 2.45. The van der Waals surface area contributed by atoms with Gasteiger partial charge < -0.3 is 10.1 Å². The third kappa shape index (κ3) is 4.70. The van der Waals surface area contributed by atoms with Gasteiger partial charge in [0.25, 0.3) is 5.95 Å². The number of nitrogens with zero attached hydrogens (tertiary/aromatic N) is 5. The van der Waals surface area contributed by atoms with E-state index in [1.54, 1.807) is 17.1 Å². The highest BCUT2D eigenvalue weighted by molar-refractivity contribution is 5.29. The second-order valence-electron chi connectivity index (χ2n) is 4.67. The van der Waals surface area contributed by atoms with E-state index in [4.69, 9.17) is 4.74 Å². The van der Waals surface area contributed by atoms with Crippen molar-refractivity contribution in [3.05, 3.63) is 18.5 Å². The van der Waals surface area contributed by atoms with E-state index in [9.17, 15) is 0 Å². The van der Waals surface area contributed by atoms with Crippen LogP contribution in [-0.4, -0.2) is 37.9 Å². The number of anilines is 1. The third-order valence-corrected chi connectivity index (χ3v) is 2.82. The monoisotopic (exact) mass is 290 g/mol. The lowest BCUT2D eigenvalue weighted by molar-refractivity contribution is 0.281. The van der Waals surface area contributed by atoms with Crippen LogP contribution in [0.2, 0.25) is 0 Å². The Morgan fingerprint density at radius 3 is 2.76 bits per heavy atom. The molecule has 2 rings (SSSR count). The molecule has 0 spiro atoms. The predicted molar refractivity (Wildman–Crippen MR) is 80.7 cm³/mol. The van der Waals surface area contributed by atoms with E-state index >= 15 is 0 Å². The van der Waals surface area contributed by atoms with Gasteiger partial charge in [-0.1, -0.05) is 26.7 Å². The van der Waals surface area contributed by atoms with E-state index < -0.39 is 0 Å². The molecule has 0 aliphatic heterocycles. The standard InChI is InChI=1S/C14H22N6O/c1-3-5-6-11-21-14-18-12(15-8-4-2)17-13(19-14)20-10-7-9-16-20/h7,9-10H,3-6,8,11H2,1-2H3,(H,15,17,18,19). The van der Waals surface area contributed by atoms with Gasteiger partial charge in [0.05, 0.1) is 6.61 Å². The first-order valence-electron chi connectivity index (χ1n) is 7.46. The van der Waals surface area contributed by atoms with Gasteiger partial charge in [-0.25, -0.2) is 4.68 Å². The summed E-state index contributed by atoms with van der Waals surface area (Å²) in [5.74, 6) is 0.974. The molecule has 2 heterocycles. The third-order valence-electron chi connectivity index (χ3n) is 2.82. The van der Waals surface area contributed by atoms with Gasteiger partial charge in [-0.3, -0.25) is 0 Å². The summed E-state index contributed by atoms with van der Waals surface area (Å²) < 4.78 is 7.22. The van der Waals surface area contributed by atoms with Crippen LogP contribution in [0.1, 0.15) is 39.5 Å². The second kappa shape index (κ2) is 8.18. The molecule has 7 heteroatoms. The zero-order valence-electron chi connectivity index (χ0n) is 12.6. The number of rotatable bonds is 9. The van der Waals surface area contributed by atoms with Crippen LogP contribution >= 0.6 is 0 Å². The van der Waals surface area contributed by atoms with Gasteiger partial charge in [0.15, 0.2) is 0 Å². The van der Waals surface area contributed by atoms with Gasteiger partial charge in [-0.15, -0.1) is 0 Å². The highest BCUT2D eigenvalue weighted by Gasteiger charge is 2.09. The molecule has 1 N–H and O–H groups in total. The topological polar surface area (TPSA) is 77.8 Å². The first kappa shape index (κ1) is 15.2. The molecule has 0 aliphatic carbocycles. The summed E-state index contributed by atoms with van der Waals surface area (Å²) in [5, 5.41) is 7.29. The fourth-order valence-corrected chi connectivity index (χ4v) is 1.73. The highest BCUT2D eigenvalue weighted by atomic mass is 16.5. The minimum absolute atomic E-state index is 0.338. The lowest BCUT2D eigenvalue weighted by atomic mass is 10.3. The summed E-state index contributed by atoms with van der Waals surface area (Å²) in [6.45, 7) is 5.66. The fourth-order valence-electron chi connectivity index (χ4n) is 1.73. The van der Waals surface area contributed by atoms with Crippen molar-refractivity contribution in [1.82, 2.24) is 24.7 Å². The van der Waals surface area contributed by atoms with E-state index in [0.29, 0.717) is 24.5 Å². The normalized spacial score (nSPS) is 10.6. The lowest BCUT2D eigenvalue weighted by Gasteiger charge is -2.09. The largest absolute Gasteiger partial charge is 0.463 e.